The van der Waals surface area contributed by atoms with E-state index in [1.54, 1.807) is 0 Å². The lowest BCUT2D eigenvalue weighted by Gasteiger charge is -2.21. The van der Waals surface area contributed by atoms with E-state index in [0.29, 0.717) is 0 Å². The van der Waals surface area contributed by atoms with Crippen molar-refractivity contribution >= 4 is 11.7 Å². The minimum absolute atomic E-state index is 0.214. The summed E-state index contributed by atoms with van der Waals surface area (Å²) in [6.07, 6.45) is -1.55. The number of anilines is 1. The number of nitrogens with one attached hydrogen (secondary N) is 1. The SMILES string of the molecule is C=CCN(CC=C)C(=O)Nc1ccccc1C(F)(F)F. The second-order valence-electron chi connectivity index (χ2n) is 3.96. The number of hydrogen-bond donors (Lipinski definition) is 1. The fraction of sp³-hybridized carbons (Fsp3) is 0.214. The Bertz CT molecular complexity index is 487. The Morgan fingerprint density at radius 3 is 2.25 bits per heavy atom. The van der Waals surface area contributed by atoms with Crippen LogP contribution < -0.4 is 5.32 Å². The van der Waals surface area contributed by atoms with Crippen LogP contribution in [0.5, 0.6) is 0 Å². The van der Waals surface area contributed by atoms with E-state index in [0.717, 1.165) is 6.07 Å². The van der Waals surface area contributed by atoms with Gasteiger partial charge in [-0.3, -0.25) is 0 Å². The average Bonchev–Trinajstić information content (AvgIpc) is 2.38. The van der Waals surface area contributed by atoms with E-state index in [-0.39, 0.29) is 18.8 Å². The fourth-order valence-electron chi connectivity index (χ4n) is 1.59. The summed E-state index contributed by atoms with van der Waals surface area (Å²) >= 11 is 0. The number of amides is 2. The van der Waals surface area contributed by atoms with Gasteiger partial charge >= 0.3 is 12.2 Å². The van der Waals surface area contributed by atoms with Gasteiger partial charge in [-0.15, -0.1) is 13.2 Å². The number of alkyl halides is 3. The molecular formula is C14H15F3N2O. The molecule has 108 valence electrons. The Kier molecular flexibility index (Phi) is 5.37. The molecule has 0 spiro atoms. The van der Waals surface area contributed by atoms with Crippen LogP contribution in [0.2, 0.25) is 0 Å². The molecule has 0 aromatic heterocycles. The van der Waals surface area contributed by atoms with Crippen LogP contribution in [0.25, 0.3) is 0 Å². The molecule has 0 radical (unpaired) electrons. The number of benzene rings is 1. The summed E-state index contributed by atoms with van der Waals surface area (Å²) in [5, 5.41) is 2.26. The molecule has 20 heavy (non-hydrogen) atoms. The van der Waals surface area contributed by atoms with Crippen LogP contribution in [-0.4, -0.2) is 24.0 Å². The van der Waals surface area contributed by atoms with Crippen molar-refractivity contribution < 1.29 is 18.0 Å². The van der Waals surface area contributed by atoms with E-state index in [4.69, 9.17) is 0 Å². The van der Waals surface area contributed by atoms with E-state index >= 15 is 0 Å². The molecule has 2 amide bonds. The topological polar surface area (TPSA) is 32.3 Å². The highest BCUT2D eigenvalue weighted by atomic mass is 19.4. The summed E-state index contributed by atoms with van der Waals surface area (Å²) in [6.45, 7) is 7.41. The first-order valence-corrected chi connectivity index (χ1v) is 5.84. The van der Waals surface area contributed by atoms with Gasteiger partial charge in [-0.25, -0.2) is 4.79 Å². The molecule has 0 heterocycles. The van der Waals surface area contributed by atoms with Gasteiger partial charge in [0.25, 0.3) is 0 Å². The average molecular weight is 284 g/mol. The van der Waals surface area contributed by atoms with Crippen LogP contribution >= 0.6 is 0 Å². The first-order chi connectivity index (χ1) is 9.40. The van der Waals surface area contributed by atoms with Gasteiger partial charge in [0.15, 0.2) is 0 Å². The van der Waals surface area contributed by atoms with Crippen LogP contribution in [0.15, 0.2) is 49.6 Å². The normalized spacial score (nSPS) is 10.8. The summed E-state index contributed by atoms with van der Waals surface area (Å²) in [5.74, 6) is 0. The standard InChI is InChI=1S/C14H15F3N2O/c1-3-9-19(10-4-2)13(20)18-12-8-6-5-7-11(12)14(15,16)17/h3-8H,1-2,9-10H2,(H,18,20). The first-order valence-electron chi connectivity index (χ1n) is 5.84. The molecular weight excluding hydrogens is 269 g/mol. The molecule has 0 saturated heterocycles. The van der Waals surface area contributed by atoms with Crippen LogP contribution in [0.4, 0.5) is 23.7 Å². The molecule has 1 aromatic carbocycles. The number of nitrogens with zero attached hydrogens (tertiary/aromatic N) is 1. The molecule has 6 heteroatoms. The third-order valence-corrected chi connectivity index (χ3v) is 2.46. The van der Waals surface area contributed by atoms with Gasteiger partial charge in [-0.05, 0) is 12.1 Å². The molecule has 0 saturated carbocycles. The van der Waals surface area contributed by atoms with Crippen molar-refractivity contribution in [3.63, 3.8) is 0 Å². The van der Waals surface area contributed by atoms with Crippen molar-refractivity contribution in [2.24, 2.45) is 0 Å². The molecule has 1 rings (SSSR count). The number of hydrogen-bond acceptors (Lipinski definition) is 1. The maximum absolute atomic E-state index is 12.8. The third kappa shape index (κ3) is 4.15. The van der Waals surface area contributed by atoms with Crippen molar-refractivity contribution in [3.05, 3.63) is 55.1 Å². The summed E-state index contributed by atoms with van der Waals surface area (Å²) in [4.78, 5) is 13.2. The minimum Gasteiger partial charge on any atom is -0.317 e. The van der Waals surface area contributed by atoms with Gasteiger partial charge in [-0.2, -0.15) is 13.2 Å². The quantitative estimate of drug-likeness (QED) is 0.817. The second-order valence-corrected chi connectivity index (χ2v) is 3.96. The Morgan fingerprint density at radius 2 is 1.75 bits per heavy atom. The molecule has 0 aliphatic carbocycles. The lowest BCUT2D eigenvalue weighted by Crippen LogP contribution is -2.35. The largest absolute Gasteiger partial charge is 0.418 e. The summed E-state index contributed by atoms with van der Waals surface area (Å²) in [6, 6.07) is 4.18. The Balaban J connectivity index is 2.95. The Labute approximate surface area is 115 Å². The monoisotopic (exact) mass is 284 g/mol. The number of para-hydroxylation sites is 1. The third-order valence-electron chi connectivity index (χ3n) is 2.46. The van der Waals surface area contributed by atoms with Crippen LogP contribution in [0.1, 0.15) is 5.56 Å². The maximum atomic E-state index is 12.8. The van der Waals surface area contributed by atoms with Crippen molar-refractivity contribution in [1.82, 2.24) is 4.90 Å². The van der Waals surface area contributed by atoms with Crippen molar-refractivity contribution in [3.8, 4) is 0 Å². The van der Waals surface area contributed by atoms with E-state index in [1.807, 2.05) is 0 Å². The molecule has 1 N–H and O–H groups in total. The molecule has 0 fully saturated rings. The Hall–Kier alpha value is -2.24. The van der Waals surface area contributed by atoms with E-state index in [9.17, 15) is 18.0 Å². The highest BCUT2D eigenvalue weighted by Crippen LogP contribution is 2.34. The summed E-state index contributed by atoms with van der Waals surface area (Å²) in [7, 11) is 0. The highest BCUT2D eigenvalue weighted by molar-refractivity contribution is 5.90. The smallest absolute Gasteiger partial charge is 0.317 e. The molecule has 3 nitrogen and oxygen atoms in total. The van der Waals surface area contributed by atoms with Crippen molar-refractivity contribution in [2.75, 3.05) is 18.4 Å². The summed E-state index contributed by atoms with van der Waals surface area (Å²) < 4.78 is 38.4. The molecule has 0 atom stereocenters. The molecule has 0 aliphatic heterocycles. The zero-order chi connectivity index (χ0) is 15.2. The van der Waals surface area contributed by atoms with Gasteiger partial charge < -0.3 is 10.2 Å². The van der Waals surface area contributed by atoms with Crippen molar-refractivity contribution in [2.45, 2.75) is 6.18 Å². The lowest BCUT2D eigenvalue weighted by atomic mass is 10.1. The van der Waals surface area contributed by atoms with Gasteiger partial charge in [0.05, 0.1) is 11.3 Å². The van der Waals surface area contributed by atoms with Crippen LogP contribution in [0, 0.1) is 0 Å². The maximum Gasteiger partial charge on any atom is 0.418 e. The number of urea groups is 1. The fourth-order valence-corrected chi connectivity index (χ4v) is 1.59. The highest BCUT2D eigenvalue weighted by Gasteiger charge is 2.33. The zero-order valence-electron chi connectivity index (χ0n) is 10.8. The second kappa shape index (κ2) is 6.79. The minimum atomic E-state index is -4.52. The van der Waals surface area contributed by atoms with Gasteiger partial charge in [0.2, 0.25) is 0 Å². The van der Waals surface area contributed by atoms with E-state index in [2.05, 4.69) is 18.5 Å². The van der Waals surface area contributed by atoms with Gasteiger partial charge in [0, 0.05) is 13.1 Å². The van der Waals surface area contributed by atoms with E-state index in [1.165, 1.54) is 35.3 Å². The molecule has 0 bridgehead atoms. The van der Waals surface area contributed by atoms with Crippen LogP contribution in [-0.2, 0) is 6.18 Å². The molecule has 1 aromatic rings. The van der Waals surface area contributed by atoms with Gasteiger partial charge in [0.1, 0.15) is 0 Å². The van der Waals surface area contributed by atoms with E-state index < -0.39 is 17.8 Å². The number of carbonyl (C=O) groups is 1. The predicted molar refractivity (Wildman–Crippen MR) is 72.4 cm³/mol. The number of carbonyl (C=O) groups excluding carboxylic acids is 1. The number of rotatable bonds is 5. The summed E-state index contributed by atoms with van der Waals surface area (Å²) in [5.41, 5.74) is -1.16. The predicted octanol–water partition coefficient (Wildman–Crippen LogP) is 3.91. The van der Waals surface area contributed by atoms with Gasteiger partial charge in [-0.1, -0.05) is 24.3 Å². The Morgan fingerprint density at radius 1 is 1.20 bits per heavy atom. The number of halogens is 3. The van der Waals surface area contributed by atoms with Crippen molar-refractivity contribution in [1.29, 1.82) is 0 Å². The zero-order valence-corrected chi connectivity index (χ0v) is 10.8. The van der Waals surface area contributed by atoms with Crippen LogP contribution in [0.3, 0.4) is 0 Å². The molecule has 0 aliphatic rings. The first kappa shape index (κ1) is 15.8. The molecule has 0 unspecified atom stereocenters. The lowest BCUT2D eigenvalue weighted by molar-refractivity contribution is -0.136.